The highest BCUT2D eigenvalue weighted by Gasteiger charge is 2.50. The third-order valence-electron chi connectivity index (χ3n) is 6.79. The van der Waals surface area contributed by atoms with Crippen LogP contribution in [0, 0.1) is 0 Å². The number of hydrogen-bond donors (Lipinski definition) is 3. The molecule has 0 bridgehead atoms. The Morgan fingerprint density at radius 2 is 1.27 bits per heavy atom. The number of nitrogens with one attached hydrogen (secondary N) is 3. The molecule has 18 nitrogen and oxygen atoms in total. The van der Waals surface area contributed by atoms with Crippen molar-refractivity contribution in [2.45, 2.75) is 84.3 Å². The summed E-state index contributed by atoms with van der Waals surface area (Å²) in [4.78, 5) is 71.6. The molecule has 0 aliphatic carbocycles. The normalized spacial score (nSPS) is 19.9. The molecular formula is C33H55N3O15. The van der Waals surface area contributed by atoms with Gasteiger partial charge in [0, 0.05) is 53.9 Å². The second-order valence-corrected chi connectivity index (χ2v) is 11.2. The Kier molecular flexibility index (Phi) is 24.7. The molecule has 0 aromatic rings. The van der Waals surface area contributed by atoms with E-state index in [9.17, 15) is 28.8 Å². The first-order valence-electron chi connectivity index (χ1n) is 16.9. The van der Waals surface area contributed by atoms with Crippen molar-refractivity contribution in [1.29, 1.82) is 0 Å². The molecule has 1 fully saturated rings. The molecule has 0 aromatic heterocycles. The topological polar surface area (TPSA) is 222 Å². The van der Waals surface area contributed by atoms with E-state index in [1.807, 2.05) is 6.92 Å². The van der Waals surface area contributed by atoms with Gasteiger partial charge in [0.15, 0.2) is 12.2 Å². The maximum absolute atomic E-state index is 12.2. The average Bonchev–Trinajstić information content (AvgIpc) is 3.06. The van der Waals surface area contributed by atoms with E-state index in [4.69, 9.17) is 42.6 Å². The third kappa shape index (κ3) is 22.6. The summed E-state index contributed by atoms with van der Waals surface area (Å²) < 4.78 is 49.0. The number of rotatable bonds is 27. The smallest absolute Gasteiger partial charge is 0.303 e. The van der Waals surface area contributed by atoms with Gasteiger partial charge in [-0.3, -0.25) is 28.8 Å². The van der Waals surface area contributed by atoms with Gasteiger partial charge < -0.3 is 58.6 Å². The molecule has 5 atom stereocenters. The molecule has 18 heteroatoms. The molecule has 1 heterocycles. The van der Waals surface area contributed by atoms with Crippen LogP contribution in [0.1, 0.15) is 53.9 Å². The molecule has 3 amide bonds. The molecular weight excluding hydrogens is 678 g/mol. The van der Waals surface area contributed by atoms with Crippen molar-refractivity contribution in [2.24, 2.45) is 0 Å². The van der Waals surface area contributed by atoms with Crippen molar-refractivity contribution in [2.75, 3.05) is 79.2 Å². The van der Waals surface area contributed by atoms with Crippen LogP contribution >= 0.6 is 0 Å². The molecule has 0 unspecified atom stereocenters. The fraction of sp³-hybridized carbons (Fsp3) is 0.758. The summed E-state index contributed by atoms with van der Waals surface area (Å²) in [6, 6.07) is -0.916. The summed E-state index contributed by atoms with van der Waals surface area (Å²) in [5, 5.41) is 7.90. The zero-order valence-electron chi connectivity index (χ0n) is 30.3. The minimum absolute atomic E-state index is 0.114. The van der Waals surface area contributed by atoms with Gasteiger partial charge in [0.05, 0.1) is 64.6 Å². The van der Waals surface area contributed by atoms with Crippen molar-refractivity contribution < 1.29 is 71.4 Å². The number of esters is 3. The van der Waals surface area contributed by atoms with Gasteiger partial charge in [-0.15, -0.1) is 0 Å². The van der Waals surface area contributed by atoms with Gasteiger partial charge in [0.25, 0.3) is 0 Å². The Bertz CT molecular complexity index is 1090. The van der Waals surface area contributed by atoms with Crippen LogP contribution in [0.3, 0.4) is 0 Å². The molecule has 1 aliphatic heterocycles. The van der Waals surface area contributed by atoms with Crippen LogP contribution in [0.2, 0.25) is 0 Å². The van der Waals surface area contributed by atoms with Crippen LogP contribution in [0.15, 0.2) is 12.3 Å². The Hall–Kier alpha value is -3.84. The Labute approximate surface area is 298 Å². The first-order chi connectivity index (χ1) is 24.4. The largest absolute Gasteiger partial charge is 0.499 e. The summed E-state index contributed by atoms with van der Waals surface area (Å²) in [6.07, 6.45) is -0.00978. The molecule has 292 valence electrons. The SMILES string of the molecule is CC=COCCOCCOCCOCCNC(=O)CNC(=O)CCCOCC[C@H]1O[C@H](COC(C)=O)[C@H](OC(C)=O)[C@H](OC(C)=O)[C@H]1NC(C)=O. The fourth-order valence-corrected chi connectivity index (χ4v) is 4.71. The summed E-state index contributed by atoms with van der Waals surface area (Å²) in [7, 11) is 0. The van der Waals surface area contributed by atoms with Crippen molar-refractivity contribution in [1.82, 2.24) is 16.0 Å². The summed E-state index contributed by atoms with van der Waals surface area (Å²) >= 11 is 0. The molecule has 0 saturated carbocycles. The van der Waals surface area contributed by atoms with Crippen LogP contribution in [-0.4, -0.2) is 145 Å². The van der Waals surface area contributed by atoms with Crippen molar-refractivity contribution in [3.63, 3.8) is 0 Å². The maximum Gasteiger partial charge on any atom is 0.303 e. The summed E-state index contributed by atoms with van der Waals surface area (Å²) in [5.74, 6) is -3.09. The van der Waals surface area contributed by atoms with Gasteiger partial charge in [-0.05, 0) is 19.8 Å². The second kappa shape index (κ2) is 27.8. The maximum atomic E-state index is 12.2. The highest BCUT2D eigenvalue weighted by Crippen LogP contribution is 2.29. The Balaban J connectivity index is 2.33. The molecule has 1 rings (SSSR count). The highest BCUT2D eigenvalue weighted by atomic mass is 16.6. The number of carbonyl (C=O) groups is 6. The highest BCUT2D eigenvalue weighted by molar-refractivity contribution is 5.84. The lowest BCUT2D eigenvalue weighted by molar-refractivity contribution is -0.225. The minimum Gasteiger partial charge on any atom is -0.499 e. The molecule has 51 heavy (non-hydrogen) atoms. The zero-order chi connectivity index (χ0) is 37.9. The van der Waals surface area contributed by atoms with E-state index in [1.165, 1.54) is 20.8 Å². The predicted octanol–water partition coefficient (Wildman–Crippen LogP) is -0.296. The van der Waals surface area contributed by atoms with Crippen LogP contribution in [0.4, 0.5) is 0 Å². The average molecular weight is 734 g/mol. The van der Waals surface area contributed by atoms with Crippen molar-refractivity contribution in [3.05, 3.63) is 12.3 Å². The summed E-state index contributed by atoms with van der Waals surface area (Å²) in [6.45, 7) is 9.73. The monoisotopic (exact) mass is 733 g/mol. The number of carbonyl (C=O) groups excluding carboxylic acids is 6. The first-order valence-corrected chi connectivity index (χ1v) is 16.9. The molecule has 3 N–H and O–H groups in total. The van der Waals surface area contributed by atoms with Gasteiger partial charge in [-0.25, -0.2) is 0 Å². The van der Waals surface area contributed by atoms with Crippen LogP contribution in [-0.2, 0) is 71.4 Å². The van der Waals surface area contributed by atoms with Gasteiger partial charge in [-0.1, -0.05) is 6.08 Å². The van der Waals surface area contributed by atoms with E-state index in [2.05, 4.69) is 16.0 Å². The standard InChI is InChI=1S/C33H55N3O15/c1-6-11-43-15-17-46-19-20-47-18-16-45-14-10-34-30(42)21-35-29(41)8-7-12-44-13-9-27-31(36-23(2)37)33(50-26(5)40)32(49-25(4)39)28(51-27)22-48-24(3)38/h6,11,27-28,31-33H,7-10,12-22H2,1-5H3,(H,34,42)(H,35,41)(H,36,37)/t27-,28-,31+,32+,33-/m1/s1. The number of amides is 3. The lowest BCUT2D eigenvalue weighted by Gasteiger charge is -2.45. The van der Waals surface area contributed by atoms with Gasteiger partial charge in [0.1, 0.15) is 19.3 Å². The molecule has 1 aliphatic rings. The van der Waals surface area contributed by atoms with Gasteiger partial charge >= 0.3 is 17.9 Å². The van der Waals surface area contributed by atoms with Crippen LogP contribution in [0.25, 0.3) is 0 Å². The lowest BCUT2D eigenvalue weighted by Crippen LogP contribution is -2.66. The van der Waals surface area contributed by atoms with E-state index in [-0.39, 0.29) is 57.6 Å². The van der Waals surface area contributed by atoms with Gasteiger partial charge in [0.2, 0.25) is 17.7 Å². The third-order valence-corrected chi connectivity index (χ3v) is 6.79. The fourth-order valence-electron chi connectivity index (χ4n) is 4.71. The van der Waals surface area contributed by atoms with Crippen LogP contribution < -0.4 is 16.0 Å². The van der Waals surface area contributed by atoms with Crippen molar-refractivity contribution >= 4 is 35.6 Å². The molecule has 0 aromatic carbocycles. The molecule has 1 saturated heterocycles. The van der Waals surface area contributed by atoms with Gasteiger partial charge in [-0.2, -0.15) is 0 Å². The van der Waals surface area contributed by atoms with E-state index < -0.39 is 54.3 Å². The predicted molar refractivity (Wildman–Crippen MR) is 178 cm³/mol. The number of allylic oxidation sites excluding steroid dienone is 1. The van der Waals surface area contributed by atoms with E-state index in [1.54, 1.807) is 12.3 Å². The molecule has 0 radical (unpaired) electrons. The number of ether oxygens (including phenoxy) is 9. The number of hydrogen-bond acceptors (Lipinski definition) is 15. The Morgan fingerprint density at radius 3 is 1.88 bits per heavy atom. The summed E-state index contributed by atoms with van der Waals surface area (Å²) in [5.41, 5.74) is 0. The minimum atomic E-state index is -1.17. The lowest BCUT2D eigenvalue weighted by atomic mass is 9.90. The zero-order valence-corrected chi connectivity index (χ0v) is 30.3. The molecule has 0 spiro atoms. The van der Waals surface area contributed by atoms with Crippen molar-refractivity contribution in [3.8, 4) is 0 Å². The van der Waals surface area contributed by atoms with Crippen LogP contribution in [0.5, 0.6) is 0 Å². The van der Waals surface area contributed by atoms with E-state index in [0.717, 1.165) is 6.92 Å². The van der Waals surface area contributed by atoms with E-state index in [0.29, 0.717) is 52.7 Å². The Morgan fingerprint density at radius 1 is 0.667 bits per heavy atom. The second-order valence-electron chi connectivity index (χ2n) is 11.2. The first kappa shape index (κ1) is 45.2. The quantitative estimate of drug-likeness (QED) is 0.0427. The van der Waals surface area contributed by atoms with E-state index >= 15 is 0 Å².